The van der Waals surface area contributed by atoms with E-state index in [9.17, 15) is 4.79 Å². The summed E-state index contributed by atoms with van der Waals surface area (Å²) < 4.78 is 5.49. The normalized spacial score (nSPS) is 18.1. The summed E-state index contributed by atoms with van der Waals surface area (Å²) in [6.45, 7) is 6.63. The van der Waals surface area contributed by atoms with Crippen LogP contribution >= 0.6 is 0 Å². The van der Waals surface area contributed by atoms with Crippen LogP contribution in [0.5, 0.6) is 5.75 Å². The quantitative estimate of drug-likeness (QED) is 0.763. The first-order valence-electron chi connectivity index (χ1n) is 5.85. The number of ketones is 1. The van der Waals surface area contributed by atoms with E-state index in [1.807, 2.05) is 32.9 Å². The average molecular weight is 218 g/mol. The van der Waals surface area contributed by atoms with E-state index in [1.54, 1.807) is 0 Å². The second-order valence-electron chi connectivity index (χ2n) is 4.80. The Balaban J connectivity index is 2.47. The smallest absolute Gasteiger partial charge is 0.143 e. The summed E-state index contributed by atoms with van der Waals surface area (Å²) in [7, 11) is 0. The molecule has 1 aliphatic rings. The van der Waals surface area contributed by atoms with Crippen molar-refractivity contribution in [1.29, 1.82) is 0 Å². The number of carbonyl (C=O) groups is 1. The lowest BCUT2D eigenvalue weighted by atomic mass is 9.72. The fourth-order valence-electron chi connectivity index (χ4n) is 2.32. The van der Waals surface area contributed by atoms with Crippen molar-refractivity contribution in [1.82, 2.24) is 0 Å². The van der Waals surface area contributed by atoms with Crippen LogP contribution in [0.25, 0.3) is 0 Å². The number of aryl methyl sites for hydroxylation is 1. The van der Waals surface area contributed by atoms with Crippen LogP contribution in [0.3, 0.4) is 0 Å². The zero-order chi connectivity index (χ0) is 11.8. The Bertz CT molecular complexity index is 419. The van der Waals surface area contributed by atoms with Gasteiger partial charge in [-0.15, -0.1) is 0 Å². The van der Waals surface area contributed by atoms with E-state index in [0.29, 0.717) is 18.8 Å². The third kappa shape index (κ3) is 1.73. The molecule has 0 atom stereocenters. The molecule has 0 amide bonds. The summed E-state index contributed by atoms with van der Waals surface area (Å²) in [6, 6.07) is 6.11. The van der Waals surface area contributed by atoms with E-state index in [-0.39, 0.29) is 5.41 Å². The van der Waals surface area contributed by atoms with Gasteiger partial charge in [0, 0.05) is 11.8 Å². The maximum Gasteiger partial charge on any atom is 0.143 e. The molecule has 2 heteroatoms. The van der Waals surface area contributed by atoms with Crippen LogP contribution in [-0.4, -0.2) is 12.4 Å². The van der Waals surface area contributed by atoms with Gasteiger partial charge >= 0.3 is 0 Å². The molecule has 0 bridgehead atoms. The number of fused-ring (bicyclic) bond motifs is 1. The first-order chi connectivity index (χ1) is 7.55. The van der Waals surface area contributed by atoms with Crippen molar-refractivity contribution >= 4 is 5.78 Å². The highest BCUT2D eigenvalue weighted by Gasteiger charge is 2.35. The third-order valence-electron chi connectivity index (χ3n) is 3.38. The zero-order valence-corrected chi connectivity index (χ0v) is 10.2. The summed E-state index contributed by atoms with van der Waals surface area (Å²) in [6.07, 6.45) is 1.53. The summed E-state index contributed by atoms with van der Waals surface area (Å²) in [5.74, 6) is 1.19. The third-order valence-corrected chi connectivity index (χ3v) is 3.38. The Hall–Kier alpha value is -1.31. The van der Waals surface area contributed by atoms with Gasteiger partial charge in [0.1, 0.15) is 11.5 Å². The minimum absolute atomic E-state index is 0.327. The minimum Gasteiger partial charge on any atom is -0.494 e. The standard InChI is InChI=1S/C14H18O2/c1-4-16-11-7-5-10-6-8-13(15)14(2,3)12(10)9-11/h5,7,9H,4,6,8H2,1-3H3. The molecular weight excluding hydrogens is 200 g/mol. The lowest BCUT2D eigenvalue weighted by molar-refractivity contribution is -0.124. The molecule has 1 aromatic rings. The second-order valence-corrected chi connectivity index (χ2v) is 4.80. The highest BCUT2D eigenvalue weighted by molar-refractivity contribution is 5.91. The summed E-state index contributed by atoms with van der Waals surface area (Å²) in [5.41, 5.74) is 2.06. The molecule has 0 N–H and O–H groups in total. The molecule has 0 fully saturated rings. The Morgan fingerprint density at radius 1 is 1.31 bits per heavy atom. The van der Waals surface area contributed by atoms with Crippen molar-refractivity contribution in [3.05, 3.63) is 29.3 Å². The Morgan fingerprint density at radius 3 is 2.75 bits per heavy atom. The lowest BCUT2D eigenvalue weighted by Gasteiger charge is -2.31. The van der Waals surface area contributed by atoms with E-state index in [2.05, 4.69) is 6.07 Å². The van der Waals surface area contributed by atoms with Crippen molar-refractivity contribution in [2.45, 2.75) is 39.0 Å². The van der Waals surface area contributed by atoms with Crippen LogP contribution < -0.4 is 4.74 Å². The first kappa shape index (κ1) is 11.2. The van der Waals surface area contributed by atoms with Gasteiger partial charge in [-0.1, -0.05) is 6.07 Å². The van der Waals surface area contributed by atoms with E-state index < -0.39 is 0 Å². The summed E-state index contributed by atoms with van der Waals surface area (Å²) >= 11 is 0. The molecule has 0 heterocycles. The number of carbonyl (C=O) groups excluding carboxylic acids is 1. The monoisotopic (exact) mass is 218 g/mol. The van der Waals surface area contributed by atoms with Gasteiger partial charge in [-0.2, -0.15) is 0 Å². The molecule has 16 heavy (non-hydrogen) atoms. The van der Waals surface area contributed by atoms with Crippen molar-refractivity contribution < 1.29 is 9.53 Å². The fourth-order valence-corrected chi connectivity index (χ4v) is 2.32. The van der Waals surface area contributed by atoms with E-state index in [1.165, 1.54) is 5.56 Å². The number of hydrogen-bond acceptors (Lipinski definition) is 2. The van der Waals surface area contributed by atoms with Gasteiger partial charge in [0.15, 0.2) is 0 Å². The Morgan fingerprint density at radius 2 is 2.06 bits per heavy atom. The van der Waals surface area contributed by atoms with Crippen LogP contribution in [0, 0.1) is 0 Å². The average Bonchev–Trinajstić information content (AvgIpc) is 2.25. The van der Waals surface area contributed by atoms with E-state index in [4.69, 9.17) is 4.74 Å². The van der Waals surface area contributed by atoms with Gasteiger partial charge in [0.25, 0.3) is 0 Å². The molecule has 1 aliphatic carbocycles. The number of Topliss-reactive ketones (excluding diaryl/α,β-unsaturated/α-hetero) is 1. The zero-order valence-electron chi connectivity index (χ0n) is 10.2. The van der Waals surface area contributed by atoms with E-state index in [0.717, 1.165) is 17.7 Å². The highest BCUT2D eigenvalue weighted by atomic mass is 16.5. The highest BCUT2D eigenvalue weighted by Crippen LogP contribution is 2.36. The molecule has 1 aromatic carbocycles. The maximum absolute atomic E-state index is 11.9. The molecule has 86 valence electrons. The molecule has 0 aromatic heterocycles. The predicted molar refractivity (Wildman–Crippen MR) is 64.0 cm³/mol. The van der Waals surface area contributed by atoms with Gasteiger partial charge < -0.3 is 4.74 Å². The van der Waals surface area contributed by atoms with Crippen LogP contribution in [-0.2, 0) is 16.6 Å². The molecule has 0 radical (unpaired) electrons. The van der Waals surface area contributed by atoms with Gasteiger partial charge in [-0.05, 0) is 50.5 Å². The predicted octanol–water partition coefficient (Wildman–Crippen LogP) is 2.88. The fraction of sp³-hybridized carbons (Fsp3) is 0.500. The molecule has 0 unspecified atom stereocenters. The van der Waals surface area contributed by atoms with Crippen molar-refractivity contribution in [2.24, 2.45) is 0 Å². The molecule has 0 saturated heterocycles. The molecular formula is C14H18O2. The van der Waals surface area contributed by atoms with Gasteiger partial charge in [-0.25, -0.2) is 0 Å². The first-order valence-corrected chi connectivity index (χ1v) is 5.85. The van der Waals surface area contributed by atoms with Gasteiger partial charge in [0.2, 0.25) is 0 Å². The van der Waals surface area contributed by atoms with Gasteiger partial charge in [-0.3, -0.25) is 4.79 Å². The molecule has 2 rings (SSSR count). The van der Waals surface area contributed by atoms with Crippen molar-refractivity contribution in [2.75, 3.05) is 6.61 Å². The largest absolute Gasteiger partial charge is 0.494 e. The van der Waals surface area contributed by atoms with Crippen LogP contribution in [0.2, 0.25) is 0 Å². The SMILES string of the molecule is CCOc1ccc2c(c1)C(C)(C)C(=O)CC2. The summed E-state index contributed by atoms with van der Waals surface area (Å²) in [5, 5.41) is 0. The van der Waals surface area contributed by atoms with Crippen molar-refractivity contribution in [3.8, 4) is 5.75 Å². The lowest BCUT2D eigenvalue weighted by Crippen LogP contribution is -2.34. The molecule has 2 nitrogen and oxygen atoms in total. The van der Waals surface area contributed by atoms with Crippen LogP contribution in [0.4, 0.5) is 0 Å². The molecule has 0 aliphatic heterocycles. The summed E-state index contributed by atoms with van der Waals surface area (Å²) in [4.78, 5) is 11.9. The molecule has 0 spiro atoms. The minimum atomic E-state index is -0.360. The topological polar surface area (TPSA) is 26.3 Å². The van der Waals surface area contributed by atoms with Gasteiger partial charge in [0.05, 0.1) is 6.61 Å². The second kappa shape index (κ2) is 3.93. The number of hydrogen-bond donors (Lipinski definition) is 0. The molecule has 0 saturated carbocycles. The van der Waals surface area contributed by atoms with Crippen LogP contribution in [0.15, 0.2) is 18.2 Å². The number of benzene rings is 1. The number of rotatable bonds is 2. The number of ether oxygens (including phenoxy) is 1. The van der Waals surface area contributed by atoms with Crippen LogP contribution in [0.1, 0.15) is 38.3 Å². The van der Waals surface area contributed by atoms with Crippen molar-refractivity contribution in [3.63, 3.8) is 0 Å². The Labute approximate surface area is 96.6 Å². The maximum atomic E-state index is 11.9. The Kier molecular flexibility index (Phi) is 2.75. The van der Waals surface area contributed by atoms with E-state index >= 15 is 0 Å².